The number of halogens is 1. The summed E-state index contributed by atoms with van der Waals surface area (Å²) < 4.78 is 12.8. The first-order valence-electron chi connectivity index (χ1n) is 6.53. The SMILES string of the molecule is O=C(Nc1ccc(F)cn1)c1cnc(-c2ccccc2)nc1. The van der Waals surface area contributed by atoms with Gasteiger partial charge in [-0.2, -0.15) is 0 Å². The summed E-state index contributed by atoms with van der Waals surface area (Å²) in [5.41, 5.74) is 1.17. The highest BCUT2D eigenvalue weighted by atomic mass is 19.1. The third-order valence-corrected chi connectivity index (χ3v) is 2.92. The molecule has 0 saturated heterocycles. The largest absolute Gasteiger partial charge is 0.306 e. The fraction of sp³-hybridized carbons (Fsp3) is 0. The molecule has 0 aliphatic rings. The number of amides is 1. The molecule has 0 atom stereocenters. The van der Waals surface area contributed by atoms with E-state index in [1.165, 1.54) is 24.5 Å². The van der Waals surface area contributed by atoms with E-state index in [-0.39, 0.29) is 5.82 Å². The standard InChI is InChI=1S/C16H11FN4O/c17-13-6-7-14(18-10-13)21-16(22)12-8-19-15(20-9-12)11-4-2-1-3-5-11/h1-10H,(H,18,21,22). The quantitative estimate of drug-likeness (QED) is 0.806. The van der Waals surface area contributed by atoms with Crippen molar-refractivity contribution in [2.75, 3.05) is 5.32 Å². The van der Waals surface area contributed by atoms with Crippen LogP contribution in [0.25, 0.3) is 11.4 Å². The minimum atomic E-state index is -0.464. The first kappa shape index (κ1) is 13.8. The molecule has 0 spiro atoms. The average Bonchev–Trinajstić information content (AvgIpc) is 2.58. The van der Waals surface area contributed by atoms with Gasteiger partial charge in [0.2, 0.25) is 0 Å². The Morgan fingerprint density at radius 2 is 1.64 bits per heavy atom. The lowest BCUT2D eigenvalue weighted by Crippen LogP contribution is -2.13. The summed E-state index contributed by atoms with van der Waals surface area (Å²) in [5, 5.41) is 2.55. The Morgan fingerprint density at radius 3 is 2.27 bits per heavy atom. The fourth-order valence-corrected chi connectivity index (χ4v) is 1.82. The number of pyridine rings is 1. The Balaban J connectivity index is 1.75. The molecule has 0 radical (unpaired) electrons. The summed E-state index contributed by atoms with van der Waals surface area (Å²) in [5.74, 6) is -0.0668. The molecule has 0 aliphatic heterocycles. The maximum absolute atomic E-state index is 12.8. The van der Waals surface area contributed by atoms with Crippen LogP contribution in [0, 0.1) is 5.82 Å². The molecule has 5 nitrogen and oxygen atoms in total. The molecule has 0 bridgehead atoms. The van der Waals surface area contributed by atoms with Gasteiger partial charge in [-0.1, -0.05) is 30.3 Å². The zero-order valence-corrected chi connectivity index (χ0v) is 11.4. The van der Waals surface area contributed by atoms with Gasteiger partial charge in [0.1, 0.15) is 11.6 Å². The minimum absolute atomic E-state index is 0.263. The number of benzene rings is 1. The monoisotopic (exact) mass is 294 g/mol. The second kappa shape index (κ2) is 6.09. The average molecular weight is 294 g/mol. The number of nitrogens with one attached hydrogen (secondary N) is 1. The molecule has 0 aliphatic carbocycles. The lowest BCUT2D eigenvalue weighted by molar-refractivity contribution is 0.102. The molecule has 1 N–H and O–H groups in total. The Bertz CT molecular complexity index is 774. The normalized spacial score (nSPS) is 10.2. The van der Waals surface area contributed by atoms with Gasteiger partial charge in [-0.3, -0.25) is 4.79 Å². The summed E-state index contributed by atoms with van der Waals surface area (Å²) in [6, 6.07) is 12.1. The highest BCUT2D eigenvalue weighted by Crippen LogP contribution is 2.13. The highest BCUT2D eigenvalue weighted by molar-refractivity contribution is 6.03. The zero-order valence-electron chi connectivity index (χ0n) is 11.4. The number of anilines is 1. The molecular weight excluding hydrogens is 283 g/mol. The van der Waals surface area contributed by atoms with Crippen molar-refractivity contribution in [3.63, 3.8) is 0 Å². The van der Waals surface area contributed by atoms with Crippen molar-refractivity contribution in [1.82, 2.24) is 15.0 Å². The van der Waals surface area contributed by atoms with Crippen LogP contribution in [-0.4, -0.2) is 20.9 Å². The van der Waals surface area contributed by atoms with Crippen LogP contribution in [0.1, 0.15) is 10.4 Å². The van der Waals surface area contributed by atoms with Crippen molar-refractivity contribution in [2.45, 2.75) is 0 Å². The van der Waals surface area contributed by atoms with Gasteiger partial charge >= 0.3 is 0 Å². The predicted molar refractivity (Wildman–Crippen MR) is 79.6 cm³/mol. The maximum Gasteiger partial charge on any atom is 0.259 e. The predicted octanol–water partition coefficient (Wildman–Crippen LogP) is 2.93. The Hall–Kier alpha value is -3.15. The number of hydrogen-bond donors (Lipinski definition) is 1. The van der Waals surface area contributed by atoms with Crippen molar-refractivity contribution in [1.29, 1.82) is 0 Å². The van der Waals surface area contributed by atoms with Gasteiger partial charge < -0.3 is 5.32 Å². The van der Waals surface area contributed by atoms with Gasteiger partial charge in [0.25, 0.3) is 5.91 Å². The molecule has 2 heterocycles. The molecule has 108 valence electrons. The van der Waals surface area contributed by atoms with Crippen molar-refractivity contribution in [2.24, 2.45) is 0 Å². The molecule has 6 heteroatoms. The number of carbonyl (C=O) groups excluding carboxylic acids is 1. The summed E-state index contributed by atoms with van der Waals surface area (Å²) in [7, 11) is 0. The van der Waals surface area contributed by atoms with E-state index in [1.807, 2.05) is 30.3 Å². The highest BCUT2D eigenvalue weighted by Gasteiger charge is 2.09. The van der Waals surface area contributed by atoms with E-state index in [2.05, 4.69) is 20.3 Å². The molecule has 22 heavy (non-hydrogen) atoms. The summed E-state index contributed by atoms with van der Waals surface area (Å²) in [6.07, 6.45) is 3.91. The van der Waals surface area contributed by atoms with Crippen LogP contribution >= 0.6 is 0 Å². The van der Waals surface area contributed by atoms with Gasteiger partial charge in [0.15, 0.2) is 5.82 Å². The zero-order chi connectivity index (χ0) is 15.4. The van der Waals surface area contributed by atoms with E-state index in [0.29, 0.717) is 11.4 Å². The van der Waals surface area contributed by atoms with Crippen molar-refractivity contribution < 1.29 is 9.18 Å². The number of nitrogens with zero attached hydrogens (tertiary/aromatic N) is 3. The van der Waals surface area contributed by atoms with E-state index in [0.717, 1.165) is 11.8 Å². The molecule has 0 saturated carbocycles. The minimum Gasteiger partial charge on any atom is -0.306 e. The van der Waals surface area contributed by atoms with E-state index in [1.54, 1.807) is 0 Å². The summed E-state index contributed by atoms with van der Waals surface area (Å²) in [4.78, 5) is 24.1. The molecule has 0 fully saturated rings. The molecule has 3 aromatic rings. The number of carbonyl (C=O) groups is 1. The van der Waals surface area contributed by atoms with Crippen LogP contribution in [0.3, 0.4) is 0 Å². The molecule has 1 aromatic carbocycles. The van der Waals surface area contributed by atoms with Crippen molar-refractivity contribution in [3.8, 4) is 11.4 Å². The molecule has 3 rings (SSSR count). The molecule has 1 amide bonds. The second-order valence-corrected chi connectivity index (χ2v) is 4.48. The lowest BCUT2D eigenvalue weighted by atomic mass is 10.2. The Kier molecular flexibility index (Phi) is 3.82. The molecule has 2 aromatic heterocycles. The van der Waals surface area contributed by atoms with Gasteiger partial charge in [0, 0.05) is 18.0 Å². The van der Waals surface area contributed by atoms with E-state index in [9.17, 15) is 9.18 Å². The number of aromatic nitrogens is 3. The summed E-state index contributed by atoms with van der Waals surface area (Å²) >= 11 is 0. The lowest BCUT2D eigenvalue weighted by Gasteiger charge is -2.04. The van der Waals surface area contributed by atoms with Crippen LogP contribution < -0.4 is 5.32 Å². The second-order valence-electron chi connectivity index (χ2n) is 4.48. The Morgan fingerprint density at radius 1 is 0.909 bits per heavy atom. The van der Waals surface area contributed by atoms with Crippen LogP contribution in [0.2, 0.25) is 0 Å². The van der Waals surface area contributed by atoms with Crippen molar-refractivity contribution in [3.05, 3.63) is 72.4 Å². The van der Waals surface area contributed by atoms with Gasteiger partial charge in [-0.25, -0.2) is 19.3 Å². The fourth-order valence-electron chi connectivity index (χ4n) is 1.82. The first-order valence-corrected chi connectivity index (χ1v) is 6.53. The van der Waals surface area contributed by atoms with Gasteiger partial charge in [0.05, 0.1) is 11.8 Å². The van der Waals surface area contributed by atoms with Crippen LogP contribution in [0.15, 0.2) is 61.1 Å². The third kappa shape index (κ3) is 3.12. The maximum atomic E-state index is 12.8. The number of rotatable bonds is 3. The smallest absolute Gasteiger partial charge is 0.259 e. The van der Waals surface area contributed by atoms with Crippen molar-refractivity contribution >= 4 is 11.7 Å². The summed E-state index contributed by atoms with van der Waals surface area (Å²) in [6.45, 7) is 0. The van der Waals surface area contributed by atoms with Crippen LogP contribution in [-0.2, 0) is 0 Å². The van der Waals surface area contributed by atoms with Crippen LogP contribution in [0.4, 0.5) is 10.2 Å². The Labute approximate surface area is 125 Å². The van der Waals surface area contributed by atoms with Crippen LogP contribution in [0.5, 0.6) is 0 Å². The van der Waals surface area contributed by atoms with E-state index in [4.69, 9.17) is 0 Å². The third-order valence-electron chi connectivity index (χ3n) is 2.92. The topological polar surface area (TPSA) is 67.8 Å². The molecular formula is C16H11FN4O. The molecule has 0 unspecified atom stereocenters. The van der Waals surface area contributed by atoms with Gasteiger partial charge in [-0.05, 0) is 12.1 Å². The van der Waals surface area contributed by atoms with E-state index < -0.39 is 11.7 Å². The first-order chi connectivity index (χ1) is 10.7. The van der Waals surface area contributed by atoms with Gasteiger partial charge in [-0.15, -0.1) is 0 Å². The number of hydrogen-bond acceptors (Lipinski definition) is 4. The van der Waals surface area contributed by atoms with E-state index >= 15 is 0 Å².